The number of carbonyl (C=O) groups excluding carboxylic acids is 2. The van der Waals surface area contributed by atoms with Crippen molar-refractivity contribution in [2.75, 3.05) is 46.5 Å². The molecule has 7 heteroatoms. The monoisotopic (exact) mass is 280 g/mol. The Morgan fingerprint density at radius 1 is 1.39 bits per heavy atom. The van der Waals surface area contributed by atoms with Gasteiger partial charge in [-0.1, -0.05) is 0 Å². The van der Waals surface area contributed by atoms with Crippen molar-refractivity contribution in [3.8, 4) is 0 Å². The van der Waals surface area contributed by atoms with Gasteiger partial charge in [-0.05, 0) is 6.92 Å². The van der Waals surface area contributed by atoms with Crippen LogP contribution < -0.4 is 5.32 Å². The molecule has 0 aliphatic carbocycles. The van der Waals surface area contributed by atoms with Crippen LogP contribution in [-0.2, 0) is 19.1 Å². The van der Waals surface area contributed by atoms with E-state index in [0.29, 0.717) is 32.8 Å². The topological polar surface area (TPSA) is 67.9 Å². The van der Waals surface area contributed by atoms with Gasteiger partial charge in [-0.2, -0.15) is 0 Å². The smallest absolute Gasteiger partial charge is 0.325 e. The fourth-order valence-electron chi connectivity index (χ4n) is 1.55. The Morgan fingerprint density at radius 2 is 2.06 bits per heavy atom. The summed E-state index contributed by atoms with van der Waals surface area (Å²) in [6.45, 7) is 4.30. The molecule has 0 aromatic carbocycles. The zero-order chi connectivity index (χ0) is 12.7. The first kappa shape index (κ1) is 17.2. The van der Waals surface area contributed by atoms with Crippen LogP contribution in [0.2, 0.25) is 0 Å². The third-order valence-electron chi connectivity index (χ3n) is 2.63. The molecule has 18 heavy (non-hydrogen) atoms. The minimum Gasteiger partial charge on any atom is -0.465 e. The standard InChI is InChI=1S/C11H20N2O4.ClH/c1-3-17-10(14)8-13(4-5-16-2)11(15)9-6-12-7-9;/h9,12H,3-8H2,1-2H3;1H. The van der Waals surface area contributed by atoms with Crippen molar-refractivity contribution in [3.63, 3.8) is 0 Å². The molecule has 0 unspecified atom stereocenters. The lowest BCUT2D eigenvalue weighted by Crippen LogP contribution is -2.53. The van der Waals surface area contributed by atoms with Crippen molar-refractivity contribution < 1.29 is 19.1 Å². The average Bonchev–Trinajstić information content (AvgIpc) is 2.22. The lowest BCUT2D eigenvalue weighted by atomic mass is 10.0. The highest BCUT2D eigenvalue weighted by Crippen LogP contribution is 2.08. The first-order valence-corrected chi connectivity index (χ1v) is 5.83. The van der Waals surface area contributed by atoms with Crippen LogP contribution in [-0.4, -0.2) is 63.3 Å². The molecule has 0 aromatic heterocycles. The Labute approximate surface area is 113 Å². The van der Waals surface area contributed by atoms with E-state index in [4.69, 9.17) is 9.47 Å². The van der Waals surface area contributed by atoms with Gasteiger partial charge in [0.15, 0.2) is 0 Å². The summed E-state index contributed by atoms with van der Waals surface area (Å²) in [6, 6.07) is 0. The van der Waals surface area contributed by atoms with Crippen molar-refractivity contribution >= 4 is 24.3 Å². The van der Waals surface area contributed by atoms with Crippen LogP contribution in [0.4, 0.5) is 0 Å². The van der Waals surface area contributed by atoms with Gasteiger partial charge in [-0.3, -0.25) is 9.59 Å². The first-order valence-electron chi connectivity index (χ1n) is 5.83. The van der Waals surface area contributed by atoms with Crippen LogP contribution in [0.1, 0.15) is 6.92 Å². The highest BCUT2D eigenvalue weighted by Gasteiger charge is 2.30. The van der Waals surface area contributed by atoms with E-state index in [9.17, 15) is 9.59 Å². The van der Waals surface area contributed by atoms with Crippen LogP contribution in [0.15, 0.2) is 0 Å². The summed E-state index contributed by atoms with van der Waals surface area (Å²) >= 11 is 0. The molecule has 1 amide bonds. The minimum atomic E-state index is -0.371. The van der Waals surface area contributed by atoms with Crippen molar-refractivity contribution in [1.82, 2.24) is 10.2 Å². The van der Waals surface area contributed by atoms with E-state index in [1.807, 2.05) is 0 Å². The molecule has 1 aliphatic heterocycles. The van der Waals surface area contributed by atoms with Gasteiger partial charge in [0, 0.05) is 26.7 Å². The molecule has 1 rings (SSSR count). The lowest BCUT2D eigenvalue weighted by Gasteiger charge is -2.31. The van der Waals surface area contributed by atoms with Crippen molar-refractivity contribution in [2.45, 2.75) is 6.92 Å². The van der Waals surface area contributed by atoms with E-state index in [1.54, 1.807) is 14.0 Å². The molecule has 0 bridgehead atoms. The SMILES string of the molecule is CCOC(=O)CN(CCOC)C(=O)C1CNC1.Cl. The fraction of sp³-hybridized carbons (Fsp3) is 0.818. The Bertz CT molecular complexity index is 272. The Kier molecular flexibility index (Phi) is 8.70. The number of amides is 1. The first-order chi connectivity index (χ1) is 8.19. The summed E-state index contributed by atoms with van der Waals surface area (Å²) in [6.07, 6.45) is 0. The van der Waals surface area contributed by atoms with Crippen LogP contribution in [0.5, 0.6) is 0 Å². The maximum Gasteiger partial charge on any atom is 0.325 e. The zero-order valence-electron chi connectivity index (χ0n) is 10.8. The number of carbonyl (C=O) groups is 2. The minimum absolute atomic E-state index is 0. The zero-order valence-corrected chi connectivity index (χ0v) is 11.6. The molecule has 0 spiro atoms. The molecular formula is C11H21ClN2O4. The number of nitrogens with zero attached hydrogens (tertiary/aromatic N) is 1. The second-order valence-electron chi connectivity index (χ2n) is 3.91. The number of nitrogens with one attached hydrogen (secondary N) is 1. The Morgan fingerprint density at radius 3 is 2.50 bits per heavy atom. The molecule has 1 fully saturated rings. The predicted octanol–water partition coefficient (Wildman–Crippen LogP) is -0.334. The molecule has 1 N–H and O–H groups in total. The van der Waals surface area contributed by atoms with Crippen molar-refractivity contribution in [3.05, 3.63) is 0 Å². The van der Waals surface area contributed by atoms with Crippen LogP contribution in [0, 0.1) is 5.92 Å². The number of hydrogen-bond acceptors (Lipinski definition) is 5. The molecule has 106 valence electrons. The predicted molar refractivity (Wildman–Crippen MR) is 68.7 cm³/mol. The van der Waals surface area contributed by atoms with Crippen LogP contribution in [0.3, 0.4) is 0 Å². The van der Waals surface area contributed by atoms with Gasteiger partial charge in [-0.15, -0.1) is 12.4 Å². The number of hydrogen-bond donors (Lipinski definition) is 1. The third-order valence-corrected chi connectivity index (χ3v) is 2.63. The molecule has 6 nitrogen and oxygen atoms in total. The number of ether oxygens (including phenoxy) is 2. The second-order valence-corrected chi connectivity index (χ2v) is 3.91. The van der Waals surface area contributed by atoms with E-state index < -0.39 is 0 Å². The third kappa shape index (κ3) is 5.20. The Balaban J connectivity index is 0.00000289. The molecule has 0 saturated carbocycles. The summed E-state index contributed by atoms with van der Waals surface area (Å²) in [5.74, 6) is -0.389. The van der Waals surface area contributed by atoms with E-state index in [2.05, 4.69) is 5.32 Å². The molecule has 1 heterocycles. The summed E-state index contributed by atoms with van der Waals surface area (Å²) in [5, 5.41) is 3.04. The summed E-state index contributed by atoms with van der Waals surface area (Å²) in [7, 11) is 1.57. The Hall–Kier alpha value is -0.850. The molecule has 1 saturated heterocycles. The van der Waals surface area contributed by atoms with Gasteiger partial charge in [0.25, 0.3) is 0 Å². The van der Waals surface area contributed by atoms with Gasteiger partial charge in [0.2, 0.25) is 5.91 Å². The van der Waals surface area contributed by atoms with E-state index in [1.165, 1.54) is 4.90 Å². The largest absolute Gasteiger partial charge is 0.465 e. The van der Waals surface area contributed by atoms with E-state index in [-0.39, 0.29) is 36.7 Å². The highest BCUT2D eigenvalue weighted by molar-refractivity contribution is 5.85. The van der Waals surface area contributed by atoms with Crippen molar-refractivity contribution in [2.24, 2.45) is 5.92 Å². The second kappa shape index (κ2) is 9.13. The van der Waals surface area contributed by atoms with Gasteiger partial charge >= 0.3 is 5.97 Å². The van der Waals surface area contributed by atoms with Gasteiger partial charge in [0.05, 0.1) is 19.1 Å². The van der Waals surface area contributed by atoms with Crippen LogP contribution >= 0.6 is 12.4 Å². The number of halogens is 1. The van der Waals surface area contributed by atoms with Gasteiger partial charge in [-0.25, -0.2) is 0 Å². The van der Waals surface area contributed by atoms with Crippen molar-refractivity contribution in [1.29, 1.82) is 0 Å². The molecule has 0 atom stereocenters. The quantitative estimate of drug-likeness (QED) is 0.647. The van der Waals surface area contributed by atoms with E-state index in [0.717, 1.165) is 0 Å². The lowest BCUT2D eigenvalue weighted by molar-refractivity contribution is -0.151. The highest BCUT2D eigenvalue weighted by atomic mass is 35.5. The molecule has 1 aliphatic rings. The van der Waals surface area contributed by atoms with E-state index >= 15 is 0 Å². The summed E-state index contributed by atoms with van der Waals surface area (Å²) in [4.78, 5) is 24.9. The van der Waals surface area contributed by atoms with Crippen LogP contribution in [0.25, 0.3) is 0 Å². The normalized spacial score (nSPS) is 14.3. The average molecular weight is 281 g/mol. The van der Waals surface area contributed by atoms with Gasteiger partial charge < -0.3 is 19.7 Å². The fourth-order valence-corrected chi connectivity index (χ4v) is 1.55. The molecular weight excluding hydrogens is 260 g/mol. The number of rotatable bonds is 7. The maximum atomic E-state index is 12.0. The molecule has 0 aromatic rings. The molecule has 0 radical (unpaired) electrons. The maximum absolute atomic E-state index is 12.0. The number of methoxy groups -OCH3 is 1. The summed E-state index contributed by atoms with van der Waals surface area (Å²) in [5.41, 5.74) is 0. The van der Waals surface area contributed by atoms with Gasteiger partial charge in [0.1, 0.15) is 6.54 Å². The number of esters is 1. The summed E-state index contributed by atoms with van der Waals surface area (Å²) < 4.78 is 9.78.